The molecule has 3 rings (SSSR count). The van der Waals surface area contributed by atoms with Crippen molar-refractivity contribution in [3.63, 3.8) is 0 Å². The standard InChI is InChI=1S/C19H13F3O2/c1-24-15-10-13-4-2-3-5-16(13)17(11-15)18(23)12-6-8-14(9-7-12)19(20,21)22/h2-11H,1H3. The summed E-state index contributed by atoms with van der Waals surface area (Å²) >= 11 is 0. The summed E-state index contributed by atoms with van der Waals surface area (Å²) in [5.41, 5.74) is -0.194. The molecule has 0 aromatic heterocycles. The van der Waals surface area contributed by atoms with Gasteiger partial charge in [-0.25, -0.2) is 0 Å². The van der Waals surface area contributed by atoms with E-state index < -0.39 is 11.7 Å². The maximum Gasteiger partial charge on any atom is 0.416 e. The molecule has 0 saturated heterocycles. The number of ether oxygens (including phenoxy) is 1. The number of ketones is 1. The topological polar surface area (TPSA) is 26.3 Å². The van der Waals surface area contributed by atoms with Crippen LogP contribution in [0.15, 0.2) is 60.7 Å². The lowest BCUT2D eigenvalue weighted by Crippen LogP contribution is -2.07. The van der Waals surface area contributed by atoms with E-state index in [2.05, 4.69) is 0 Å². The fourth-order valence-corrected chi connectivity index (χ4v) is 2.55. The van der Waals surface area contributed by atoms with Crippen molar-refractivity contribution in [2.75, 3.05) is 7.11 Å². The number of carbonyl (C=O) groups excluding carboxylic acids is 1. The maximum absolute atomic E-state index is 12.8. The molecule has 0 bridgehead atoms. The Balaban J connectivity index is 2.08. The molecule has 0 N–H and O–H groups in total. The van der Waals surface area contributed by atoms with Gasteiger partial charge < -0.3 is 4.74 Å². The SMILES string of the molecule is COc1cc(C(=O)c2ccc(C(F)(F)F)cc2)c2ccccc2c1. The van der Waals surface area contributed by atoms with Gasteiger partial charge in [0.15, 0.2) is 5.78 Å². The van der Waals surface area contributed by atoms with Crippen LogP contribution < -0.4 is 4.74 Å². The number of rotatable bonds is 3. The van der Waals surface area contributed by atoms with E-state index in [0.717, 1.165) is 22.9 Å². The zero-order valence-electron chi connectivity index (χ0n) is 12.7. The maximum atomic E-state index is 12.8. The van der Waals surface area contributed by atoms with Crippen molar-refractivity contribution in [1.29, 1.82) is 0 Å². The first-order valence-electron chi connectivity index (χ1n) is 7.19. The van der Waals surface area contributed by atoms with Crippen LogP contribution in [0.5, 0.6) is 5.75 Å². The first-order chi connectivity index (χ1) is 11.4. The number of fused-ring (bicyclic) bond motifs is 1. The molecule has 0 amide bonds. The molecule has 0 unspecified atom stereocenters. The fraction of sp³-hybridized carbons (Fsp3) is 0.105. The number of benzene rings is 3. The monoisotopic (exact) mass is 330 g/mol. The summed E-state index contributed by atoms with van der Waals surface area (Å²) < 4.78 is 43.2. The molecule has 0 aliphatic rings. The zero-order chi connectivity index (χ0) is 17.3. The normalized spacial score (nSPS) is 11.5. The highest BCUT2D eigenvalue weighted by Gasteiger charge is 2.30. The van der Waals surface area contributed by atoms with Crippen LogP contribution in [0.3, 0.4) is 0 Å². The molecule has 0 aliphatic carbocycles. The Labute approximate surface area is 136 Å². The smallest absolute Gasteiger partial charge is 0.416 e. The number of halogens is 3. The van der Waals surface area contributed by atoms with Gasteiger partial charge in [-0.3, -0.25) is 4.79 Å². The molecule has 2 nitrogen and oxygen atoms in total. The average molecular weight is 330 g/mol. The van der Waals surface area contributed by atoms with Crippen LogP contribution in [-0.4, -0.2) is 12.9 Å². The highest BCUT2D eigenvalue weighted by molar-refractivity contribution is 6.16. The highest BCUT2D eigenvalue weighted by atomic mass is 19.4. The van der Waals surface area contributed by atoms with Crippen molar-refractivity contribution in [2.24, 2.45) is 0 Å². The molecule has 122 valence electrons. The van der Waals surface area contributed by atoms with Gasteiger partial charge in [-0.1, -0.05) is 36.4 Å². The fourth-order valence-electron chi connectivity index (χ4n) is 2.55. The van der Waals surface area contributed by atoms with Crippen molar-refractivity contribution in [2.45, 2.75) is 6.18 Å². The minimum atomic E-state index is -4.43. The molecule has 3 aromatic carbocycles. The summed E-state index contributed by atoms with van der Waals surface area (Å²) in [5.74, 6) is 0.169. The summed E-state index contributed by atoms with van der Waals surface area (Å²) in [6.07, 6.45) is -4.43. The van der Waals surface area contributed by atoms with Gasteiger partial charge in [0.25, 0.3) is 0 Å². The lowest BCUT2D eigenvalue weighted by atomic mass is 9.96. The van der Waals surface area contributed by atoms with E-state index in [0.29, 0.717) is 11.3 Å². The van der Waals surface area contributed by atoms with Crippen LogP contribution in [0.25, 0.3) is 10.8 Å². The Hall–Kier alpha value is -2.82. The number of carbonyl (C=O) groups is 1. The van der Waals surface area contributed by atoms with Crippen LogP contribution in [0.2, 0.25) is 0 Å². The number of hydrogen-bond acceptors (Lipinski definition) is 2. The predicted octanol–water partition coefficient (Wildman–Crippen LogP) is 5.10. The third-order valence-corrected chi connectivity index (χ3v) is 3.79. The molecular weight excluding hydrogens is 317 g/mol. The van der Waals surface area contributed by atoms with Crippen LogP contribution in [0, 0.1) is 0 Å². The average Bonchev–Trinajstić information content (AvgIpc) is 2.59. The first kappa shape index (κ1) is 16.1. The van der Waals surface area contributed by atoms with E-state index in [1.165, 1.54) is 19.2 Å². The number of methoxy groups -OCH3 is 1. The van der Waals surface area contributed by atoms with Crippen molar-refractivity contribution in [3.05, 3.63) is 77.4 Å². The van der Waals surface area contributed by atoms with E-state index in [9.17, 15) is 18.0 Å². The molecule has 3 aromatic rings. The molecule has 0 heterocycles. The van der Waals surface area contributed by atoms with E-state index in [1.807, 2.05) is 12.1 Å². The lowest BCUT2D eigenvalue weighted by molar-refractivity contribution is -0.137. The Morgan fingerprint density at radius 1 is 0.958 bits per heavy atom. The molecule has 0 radical (unpaired) electrons. The highest BCUT2D eigenvalue weighted by Crippen LogP contribution is 2.31. The van der Waals surface area contributed by atoms with Crippen molar-refractivity contribution in [1.82, 2.24) is 0 Å². The molecule has 0 aliphatic heterocycles. The number of hydrogen-bond donors (Lipinski definition) is 0. The second-order valence-electron chi connectivity index (χ2n) is 5.30. The Bertz CT molecular complexity index is 897. The lowest BCUT2D eigenvalue weighted by Gasteiger charge is -2.10. The number of alkyl halides is 3. The first-order valence-corrected chi connectivity index (χ1v) is 7.19. The second-order valence-corrected chi connectivity index (χ2v) is 5.30. The van der Waals surface area contributed by atoms with Gasteiger partial charge >= 0.3 is 6.18 Å². The van der Waals surface area contributed by atoms with Gasteiger partial charge in [-0.05, 0) is 35.0 Å². The zero-order valence-corrected chi connectivity index (χ0v) is 12.7. The predicted molar refractivity (Wildman–Crippen MR) is 85.4 cm³/mol. The van der Waals surface area contributed by atoms with Crippen LogP contribution in [-0.2, 0) is 6.18 Å². The Kier molecular flexibility index (Phi) is 4.01. The van der Waals surface area contributed by atoms with Crippen molar-refractivity contribution >= 4 is 16.6 Å². The van der Waals surface area contributed by atoms with Gasteiger partial charge in [0, 0.05) is 11.1 Å². The third-order valence-electron chi connectivity index (χ3n) is 3.79. The molecular formula is C19H13F3O2. The quantitative estimate of drug-likeness (QED) is 0.625. The molecule has 0 fully saturated rings. The van der Waals surface area contributed by atoms with Gasteiger partial charge in [-0.2, -0.15) is 13.2 Å². The minimum Gasteiger partial charge on any atom is -0.497 e. The molecule has 5 heteroatoms. The molecule has 0 atom stereocenters. The summed E-state index contributed by atoms with van der Waals surface area (Å²) in [4.78, 5) is 12.8. The molecule has 0 saturated carbocycles. The summed E-state index contributed by atoms with van der Waals surface area (Å²) in [6, 6.07) is 14.9. The Morgan fingerprint density at radius 2 is 1.62 bits per heavy atom. The van der Waals surface area contributed by atoms with E-state index in [4.69, 9.17) is 4.74 Å². The third kappa shape index (κ3) is 2.97. The van der Waals surface area contributed by atoms with Crippen molar-refractivity contribution < 1.29 is 22.7 Å². The van der Waals surface area contributed by atoms with Crippen LogP contribution in [0.1, 0.15) is 21.5 Å². The van der Waals surface area contributed by atoms with Gasteiger partial charge in [0.2, 0.25) is 0 Å². The summed E-state index contributed by atoms with van der Waals surface area (Å²) in [5, 5.41) is 1.55. The van der Waals surface area contributed by atoms with E-state index in [1.54, 1.807) is 24.3 Å². The molecule has 24 heavy (non-hydrogen) atoms. The second kappa shape index (κ2) is 6.00. The van der Waals surface area contributed by atoms with E-state index >= 15 is 0 Å². The van der Waals surface area contributed by atoms with Gasteiger partial charge in [0.05, 0.1) is 12.7 Å². The molecule has 0 spiro atoms. The van der Waals surface area contributed by atoms with Crippen LogP contribution in [0.4, 0.5) is 13.2 Å². The van der Waals surface area contributed by atoms with Crippen molar-refractivity contribution in [3.8, 4) is 5.75 Å². The summed E-state index contributed by atoms with van der Waals surface area (Å²) in [7, 11) is 1.50. The minimum absolute atomic E-state index is 0.196. The largest absolute Gasteiger partial charge is 0.497 e. The van der Waals surface area contributed by atoms with Gasteiger partial charge in [-0.15, -0.1) is 0 Å². The Morgan fingerprint density at radius 3 is 2.25 bits per heavy atom. The van der Waals surface area contributed by atoms with Gasteiger partial charge in [0.1, 0.15) is 5.75 Å². The van der Waals surface area contributed by atoms with E-state index in [-0.39, 0.29) is 11.3 Å². The van der Waals surface area contributed by atoms with Crippen LogP contribution >= 0.6 is 0 Å². The summed E-state index contributed by atoms with van der Waals surface area (Å²) in [6.45, 7) is 0.